The molecule has 398 valence electrons. The number of hydrogen-bond donors (Lipinski definition) is 9. The molecule has 0 aliphatic heterocycles. The molecular formula is C49H84O18P2. The van der Waals surface area contributed by atoms with Gasteiger partial charge in [-0.05, 0) is 70.6 Å². The number of rotatable bonds is 40. The Labute approximate surface area is 409 Å². The number of phosphoric ester groups is 2. The molecule has 0 aromatic rings. The highest BCUT2D eigenvalue weighted by Gasteiger charge is 2.54. The molecule has 0 heterocycles. The van der Waals surface area contributed by atoms with Crippen LogP contribution in [0.25, 0.3) is 0 Å². The summed E-state index contributed by atoms with van der Waals surface area (Å²) in [5, 5.41) is 61.7. The van der Waals surface area contributed by atoms with Crippen LogP contribution in [0.1, 0.15) is 155 Å². The molecule has 20 heteroatoms. The highest BCUT2D eigenvalue weighted by molar-refractivity contribution is 7.47. The van der Waals surface area contributed by atoms with Crippen LogP contribution in [0.3, 0.4) is 0 Å². The molecule has 0 aromatic carbocycles. The lowest BCUT2D eigenvalue weighted by Gasteiger charge is -2.43. The van der Waals surface area contributed by atoms with E-state index in [9.17, 15) is 64.0 Å². The highest BCUT2D eigenvalue weighted by Crippen LogP contribution is 2.49. The van der Waals surface area contributed by atoms with E-state index < -0.39 is 95.7 Å². The van der Waals surface area contributed by atoms with Crippen molar-refractivity contribution in [2.75, 3.05) is 13.2 Å². The first-order valence-corrected chi connectivity index (χ1v) is 27.7. The lowest BCUT2D eigenvalue weighted by Crippen LogP contribution is -2.64. The van der Waals surface area contributed by atoms with Crippen molar-refractivity contribution in [2.45, 2.75) is 210 Å². The van der Waals surface area contributed by atoms with E-state index in [1.54, 1.807) is 30.4 Å². The minimum absolute atomic E-state index is 0.0557. The second-order valence-electron chi connectivity index (χ2n) is 17.2. The van der Waals surface area contributed by atoms with Crippen LogP contribution in [0.2, 0.25) is 0 Å². The minimum atomic E-state index is -5.40. The van der Waals surface area contributed by atoms with Crippen LogP contribution in [-0.4, -0.2) is 125 Å². The van der Waals surface area contributed by atoms with Crippen molar-refractivity contribution in [3.05, 3.63) is 72.9 Å². The van der Waals surface area contributed by atoms with Crippen LogP contribution >= 0.6 is 15.6 Å². The third kappa shape index (κ3) is 33.6. The van der Waals surface area contributed by atoms with Crippen molar-refractivity contribution < 1.29 is 87.1 Å². The van der Waals surface area contributed by atoms with E-state index in [1.165, 1.54) is 31.8 Å². The summed E-state index contributed by atoms with van der Waals surface area (Å²) in [7, 11) is -10.8. The Bertz CT molecular complexity index is 1640. The topological polar surface area (TPSA) is 296 Å². The summed E-state index contributed by atoms with van der Waals surface area (Å²) < 4.78 is 49.2. The number of phosphoric acid groups is 2. The zero-order chi connectivity index (χ0) is 51.3. The summed E-state index contributed by atoms with van der Waals surface area (Å²) in [5.41, 5.74) is 0. The number of hydrogen-bond acceptors (Lipinski definition) is 15. The van der Waals surface area contributed by atoms with Crippen molar-refractivity contribution >= 4 is 27.6 Å². The van der Waals surface area contributed by atoms with Gasteiger partial charge in [-0.2, -0.15) is 0 Å². The van der Waals surface area contributed by atoms with E-state index in [1.807, 2.05) is 6.08 Å². The van der Waals surface area contributed by atoms with Crippen LogP contribution in [0.4, 0.5) is 0 Å². The first kappa shape index (κ1) is 64.4. The molecule has 0 bridgehead atoms. The fraction of sp³-hybridized carbons (Fsp3) is 0.714. The van der Waals surface area contributed by atoms with Gasteiger partial charge in [0, 0.05) is 12.8 Å². The van der Waals surface area contributed by atoms with Crippen molar-refractivity contribution in [3.8, 4) is 0 Å². The smallest absolute Gasteiger partial charge is 0.462 e. The van der Waals surface area contributed by atoms with Gasteiger partial charge in [-0.15, -0.1) is 0 Å². The maximum Gasteiger partial charge on any atom is 0.472 e. The van der Waals surface area contributed by atoms with Gasteiger partial charge < -0.3 is 54.8 Å². The fourth-order valence-corrected chi connectivity index (χ4v) is 8.55. The molecule has 1 saturated carbocycles. The van der Waals surface area contributed by atoms with Crippen molar-refractivity contribution in [3.63, 3.8) is 0 Å². The van der Waals surface area contributed by atoms with Crippen LogP contribution in [0, 0.1) is 0 Å². The van der Waals surface area contributed by atoms with Gasteiger partial charge in [-0.3, -0.25) is 23.2 Å². The average Bonchev–Trinajstić information content (AvgIpc) is 3.29. The van der Waals surface area contributed by atoms with Crippen molar-refractivity contribution in [1.82, 2.24) is 0 Å². The van der Waals surface area contributed by atoms with Gasteiger partial charge in [0.05, 0.1) is 18.8 Å². The van der Waals surface area contributed by atoms with Crippen LogP contribution < -0.4 is 0 Å². The quantitative estimate of drug-likeness (QED) is 0.00940. The molecule has 1 rings (SSSR count). The molecule has 9 N–H and O–H groups in total. The Morgan fingerprint density at radius 2 is 1.06 bits per heavy atom. The third-order valence-electron chi connectivity index (χ3n) is 10.9. The zero-order valence-electron chi connectivity index (χ0n) is 40.7. The molecule has 1 fully saturated rings. The molecule has 5 unspecified atom stereocenters. The molecule has 0 amide bonds. The van der Waals surface area contributed by atoms with E-state index in [0.717, 1.165) is 77.0 Å². The maximum absolute atomic E-state index is 13.0. The van der Waals surface area contributed by atoms with E-state index in [0.29, 0.717) is 12.8 Å². The molecule has 18 nitrogen and oxygen atoms in total. The Hall–Kier alpha value is -2.64. The number of carbonyl (C=O) groups is 2. The molecule has 10 atom stereocenters. The lowest BCUT2D eigenvalue weighted by atomic mass is 9.85. The third-order valence-corrected chi connectivity index (χ3v) is 12.4. The number of ether oxygens (including phenoxy) is 2. The number of esters is 2. The predicted octanol–water partition coefficient (Wildman–Crippen LogP) is 7.56. The first-order valence-electron chi connectivity index (χ1n) is 24.7. The molecule has 69 heavy (non-hydrogen) atoms. The zero-order valence-corrected chi connectivity index (χ0v) is 42.5. The summed E-state index contributed by atoms with van der Waals surface area (Å²) >= 11 is 0. The normalized spacial score (nSPS) is 22.7. The lowest BCUT2D eigenvalue weighted by molar-refractivity contribution is -0.216. The molecular weight excluding hydrogens is 938 g/mol. The van der Waals surface area contributed by atoms with E-state index in [2.05, 4.69) is 48.8 Å². The highest BCUT2D eigenvalue weighted by atomic mass is 31.2. The Balaban J connectivity index is 2.70. The summed E-state index contributed by atoms with van der Waals surface area (Å²) in [6.45, 7) is 2.81. The molecule has 1 aliphatic carbocycles. The van der Waals surface area contributed by atoms with Gasteiger partial charge in [-0.25, -0.2) is 9.13 Å². The van der Waals surface area contributed by atoms with Gasteiger partial charge in [0.15, 0.2) is 6.10 Å². The second kappa shape index (κ2) is 39.0. The number of unbranched alkanes of at least 4 members (excludes halogenated alkanes) is 13. The Morgan fingerprint density at radius 3 is 1.64 bits per heavy atom. The molecule has 0 spiro atoms. The monoisotopic (exact) mass is 1020 g/mol. The summed E-state index contributed by atoms with van der Waals surface area (Å²) in [4.78, 5) is 54.4. The first-order chi connectivity index (χ1) is 32.9. The molecule has 0 saturated heterocycles. The van der Waals surface area contributed by atoms with Crippen molar-refractivity contribution in [1.29, 1.82) is 0 Å². The second-order valence-corrected chi connectivity index (χ2v) is 19.8. The molecule has 0 aromatic heterocycles. The van der Waals surface area contributed by atoms with Crippen LogP contribution in [0.15, 0.2) is 72.9 Å². The number of aliphatic hydroxyl groups excluding tert-OH is 6. The standard InChI is InChI=1S/C49H84O18P2/c1-3-5-7-9-11-12-13-14-15-16-17-18-19-20-21-23-29-35-42(52)63-37-41(38-64-69(61,62)67-49-46(56)44(54)45(55)48(47(49)57)66-68(58,59)60)65-43(53)36-30-34-40(51)33-28-25-24-27-32-39(50)31-26-22-10-8-6-4-2/h11-12,14-15,22,24-28,32-33,39-41,44-51,54-57H,3-10,13,16-21,23,29-31,34-38H2,1-2H3,(H,61,62)(H2,58,59,60)/b12-11-,15-14-,25-24+,26-22-,32-27+,33-28-/t39-,40-,41+,44?,45?,46?,47?,48+,49-/m0/s1. The maximum atomic E-state index is 13.0. The van der Waals surface area contributed by atoms with Crippen LogP contribution in [0.5, 0.6) is 0 Å². The average molecular weight is 1020 g/mol. The van der Waals surface area contributed by atoms with Gasteiger partial charge in [-0.1, -0.05) is 145 Å². The largest absolute Gasteiger partial charge is 0.472 e. The summed E-state index contributed by atoms with van der Waals surface area (Å²) in [6.07, 6.45) is 24.6. The number of aliphatic hydroxyl groups is 6. The van der Waals surface area contributed by atoms with E-state index in [4.69, 9.17) is 18.5 Å². The minimum Gasteiger partial charge on any atom is -0.462 e. The summed E-state index contributed by atoms with van der Waals surface area (Å²) in [5.74, 6) is -1.46. The Morgan fingerprint density at radius 1 is 0.551 bits per heavy atom. The number of allylic oxidation sites excluding steroid dienone is 9. The fourth-order valence-electron chi connectivity index (χ4n) is 7.01. The van der Waals surface area contributed by atoms with Gasteiger partial charge in [0.2, 0.25) is 0 Å². The van der Waals surface area contributed by atoms with Crippen LogP contribution in [-0.2, 0) is 41.8 Å². The van der Waals surface area contributed by atoms with Gasteiger partial charge in [0.1, 0.15) is 43.2 Å². The van der Waals surface area contributed by atoms with Crippen molar-refractivity contribution in [2.24, 2.45) is 0 Å². The Kier molecular flexibility index (Phi) is 36.3. The van der Waals surface area contributed by atoms with E-state index in [-0.39, 0.29) is 25.7 Å². The molecule has 0 radical (unpaired) electrons. The summed E-state index contributed by atoms with van der Waals surface area (Å²) in [6, 6.07) is 0. The van der Waals surface area contributed by atoms with E-state index >= 15 is 0 Å². The SMILES string of the molecule is CCCCC/C=C\C/C=C\CCCCCCCCCC(=O)OC[C@H](COP(=O)(O)O[C@H]1C(O)C(O)C(O)[C@@H](OP(=O)(O)O)C1O)OC(=O)CCC[C@@H](O)\C=C/C=C/C=C/[C@@H](O)C/C=C\CCCCC. The van der Waals surface area contributed by atoms with Gasteiger partial charge in [0.25, 0.3) is 0 Å². The number of carbonyl (C=O) groups excluding carboxylic acids is 2. The predicted molar refractivity (Wildman–Crippen MR) is 262 cm³/mol. The van der Waals surface area contributed by atoms with Gasteiger partial charge >= 0.3 is 27.6 Å². The molecule has 1 aliphatic rings.